The first kappa shape index (κ1) is 17.0. The molecule has 0 saturated carbocycles. The van der Waals surface area contributed by atoms with Crippen molar-refractivity contribution >= 4 is 23.6 Å². The molecule has 6 heteroatoms. The van der Waals surface area contributed by atoms with E-state index < -0.39 is 0 Å². The number of halogens is 1. The van der Waals surface area contributed by atoms with Gasteiger partial charge in [-0.3, -0.25) is 14.2 Å². The number of nitrogens with one attached hydrogen (secondary N) is 1. The molecule has 0 aliphatic heterocycles. The van der Waals surface area contributed by atoms with Gasteiger partial charge in [0.2, 0.25) is 5.91 Å². The molecule has 0 saturated heterocycles. The number of hydrogen-bond acceptors (Lipinski definition) is 3. The highest BCUT2D eigenvalue weighted by Gasteiger charge is 2.04. The fourth-order valence-electron chi connectivity index (χ4n) is 1.97. The Morgan fingerprint density at radius 1 is 1.35 bits per heavy atom. The van der Waals surface area contributed by atoms with Crippen molar-refractivity contribution in [2.75, 3.05) is 6.54 Å². The smallest absolute Gasteiger partial charge is 0.256 e. The molecular weight excluding hydrogens is 314 g/mol. The first-order valence-corrected chi connectivity index (χ1v) is 7.60. The number of nitrogens with zero attached hydrogens (tertiary/aromatic N) is 2. The van der Waals surface area contributed by atoms with Crippen LogP contribution in [-0.2, 0) is 11.3 Å². The van der Waals surface area contributed by atoms with Gasteiger partial charge in [0.25, 0.3) is 5.56 Å². The first-order chi connectivity index (χ1) is 11.0. The van der Waals surface area contributed by atoms with Gasteiger partial charge in [-0.2, -0.15) is 0 Å². The van der Waals surface area contributed by atoms with E-state index >= 15 is 0 Å². The van der Waals surface area contributed by atoms with Crippen LogP contribution in [0.15, 0.2) is 41.5 Å². The summed E-state index contributed by atoms with van der Waals surface area (Å²) in [6, 6.07) is 7.27. The number of carbonyl (C=O) groups is 1. The van der Waals surface area contributed by atoms with Crippen LogP contribution in [0.4, 0.5) is 0 Å². The molecule has 120 valence electrons. The predicted molar refractivity (Wildman–Crippen MR) is 91.5 cm³/mol. The molecule has 0 aliphatic rings. The van der Waals surface area contributed by atoms with Crippen LogP contribution in [0.2, 0.25) is 5.02 Å². The van der Waals surface area contributed by atoms with Crippen LogP contribution >= 0.6 is 11.6 Å². The van der Waals surface area contributed by atoms with E-state index in [9.17, 15) is 9.59 Å². The summed E-state index contributed by atoms with van der Waals surface area (Å²) in [5, 5.41) is 3.31. The summed E-state index contributed by atoms with van der Waals surface area (Å²) in [5.41, 5.74) is 2.03. The molecule has 2 aromatic rings. The average molecular weight is 332 g/mol. The maximum atomic E-state index is 12.0. The molecule has 2 rings (SSSR count). The molecule has 0 aliphatic carbocycles. The van der Waals surface area contributed by atoms with E-state index in [2.05, 4.69) is 10.3 Å². The zero-order chi connectivity index (χ0) is 16.8. The minimum atomic E-state index is -0.241. The summed E-state index contributed by atoms with van der Waals surface area (Å²) < 4.78 is 1.49. The van der Waals surface area contributed by atoms with E-state index in [0.717, 1.165) is 11.3 Å². The predicted octanol–water partition coefficient (Wildman–Crippen LogP) is 2.34. The molecule has 1 N–H and O–H groups in total. The zero-order valence-electron chi connectivity index (χ0n) is 13.0. The standard InChI is InChI=1S/C17H18ClN3O2/c1-12-13(2)20-11-21(17(12)23)10-9-19-16(22)8-7-14-5-3-4-6-15(14)18/h3-8,11H,9-10H2,1-2H3,(H,19,22)/b8-7+. The number of hydrogen-bond donors (Lipinski definition) is 1. The molecular formula is C17H18ClN3O2. The Bertz CT molecular complexity index is 797. The highest BCUT2D eigenvalue weighted by atomic mass is 35.5. The maximum Gasteiger partial charge on any atom is 0.256 e. The Labute approximate surface area is 139 Å². The van der Waals surface area contributed by atoms with Gasteiger partial charge in [0.15, 0.2) is 0 Å². The van der Waals surface area contributed by atoms with Crippen molar-refractivity contribution < 1.29 is 4.79 Å². The van der Waals surface area contributed by atoms with Crippen LogP contribution in [0.3, 0.4) is 0 Å². The van der Waals surface area contributed by atoms with Crippen LogP contribution in [0.25, 0.3) is 6.08 Å². The van der Waals surface area contributed by atoms with Gasteiger partial charge in [-0.05, 0) is 31.6 Å². The van der Waals surface area contributed by atoms with Crippen molar-refractivity contribution in [3.63, 3.8) is 0 Å². The molecule has 1 amide bonds. The van der Waals surface area contributed by atoms with E-state index in [1.54, 1.807) is 26.0 Å². The van der Waals surface area contributed by atoms with Crippen LogP contribution < -0.4 is 10.9 Å². The van der Waals surface area contributed by atoms with E-state index in [0.29, 0.717) is 23.7 Å². The van der Waals surface area contributed by atoms with E-state index in [1.807, 2.05) is 18.2 Å². The molecule has 0 unspecified atom stereocenters. The van der Waals surface area contributed by atoms with Crippen molar-refractivity contribution in [3.05, 3.63) is 68.9 Å². The number of rotatable bonds is 5. The largest absolute Gasteiger partial charge is 0.351 e. The summed E-state index contributed by atoms with van der Waals surface area (Å²) >= 11 is 6.01. The Balaban J connectivity index is 1.90. The Kier molecular flexibility index (Phi) is 5.71. The number of aryl methyl sites for hydroxylation is 1. The third-order valence-corrected chi connectivity index (χ3v) is 3.83. The lowest BCUT2D eigenvalue weighted by Crippen LogP contribution is -2.31. The Morgan fingerprint density at radius 3 is 2.83 bits per heavy atom. The van der Waals surface area contributed by atoms with E-state index in [4.69, 9.17) is 11.6 Å². The highest BCUT2D eigenvalue weighted by molar-refractivity contribution is 6.32. The molecule has 1 aromatic heterocycles. The minimum Gasteiger partial charge on any atom is -0.351 e. The third-order valence-electron chi connectivity index (χ3n) is 3.49. The van der Waals surface area contributed by atoms with Gasteiger partial charge in [-0.25, -0.2) is 4.98 Å². The van der Waals surface area contributed by atoms with Crippen LogP contribution in [0, 0.1) is 13.8 Å². The van der Waals surface area contributed by atoms with Crippen molar-refractivity contribution in [1.29, 1.82) is 0 Å². The maximum absolute atomic E-state index is 12.0. The molecule has 1 aromatic carbocycles. The fraction of sp³-hybridized carbons (Fsp3) is 0.235. The molecule has 0 spiro atoms. The van der Waals surface area contributed by atoms with Gasteiger partial charge in [0, 0.05) is 35.4 Å². The minimum absolute atomic E-state index is 0.0849. The second-order valence-corrected chi connectivity index (χ2v) is 5.51. The molecule has 0 fully saturated rings. The third kappa shape index (κ3) is 4.53. The Morgan fingerprint density at radius 2 is 2.09 bits per heavy atom. The lowest BCUT2D eigenvalue weighted by molar-refractivity contribution is -0.116. The monoisotopic (exact) mass is 331 g/mol. The number of benzene rings is 1. The number of aromatic nitrogens is 2. The van der Waals surface area contributed by atoms with Crippen LogP contribution in [0.1, 0.15) is 16.8 Å². The van der Waals surface area contributed by atoms with Gasteiger partial charge in [0.05, 0.1) is 6.33 Å². The van der Waals surface area contributed by atoms with Crippen molar-refractivity contribution in [2.45, 2.75) is 20.4 Å². The number of amides is 1. The zero-order valence-corrected chi connectivity index (χ0v) is 13.8. The van der Waals surface area contributed by atoms with E-state index in [-0.39, 0.29) is 11.5 Å². The molecule has 0 radical (unpaired) electrons. The fourth-order valence-corrected chi connectivity index (χ4v) is 2.17. The lowest BCUT2D eigenvalue weighted by atomic mass is 10.2. The SMILES string of the molecule is Cc1ncn(CCNC(=O)/C=C/c2ccccc2Cl)c(=O)c1C. The summed E-state index contributed by atoms with van der Waals surface area (Å²) in [7, 11) is 0. The molecule has 0 bridgehead atoms. The molecule has 1 heterocycles. The summed E-state index contributed by atoms with van der Waals surface area (Å²) in [6.45, 7) is 4.25. The van der Waals surface area contributed by atoms with E-state index in [1.165, 1.54) is 17.0 Å². The summed E-state index contributed by atoms with van der Waals surface area (Å²) in [4.78, 5) is 27.9. The quantitative estimate of drug-likeness (QED) is 0.855. The topological polar surface area (TPSA) is 64.0 Å². The lowest BCUT2D eigenvalue weighted by Gasteiger charge is -2.07. The molecule has 5 nitrogen and oxygen atoms in total. The first-order valence-electron chi connectivity index (χ1n) is 7.22. The van der Waals surface area contributed by atoms with Gasteiger partial charge < -0.3 is 5.32 Å². The second kappa shape index (κ2) is 7.74. The van der Waals surface area contributed by atoms with Gasteiger partial charge in [-0.1, -0.05) is 29.8 Å². The van der Waals surface area contributed by atoms with Gasteiger partial charge >= 0.3 is 0 Å². The second-order valence-electron chi connectivity index (χ2n) is 5.10. The van der Waals surface area contributed by atoms with Crippen molar-refractivity contribution in [2.24, 2.45) is 0 Å². The van der Waals surface area contributed by atoms with Gasteiger partial charge in [0.1, 0.15) is 0 Å². The molecule has 23 heavy (non-hydrogen) atoms. The van der Waals surface area contributed by atoms with Crippen LogP contribution in [0.5, 0.6) is 0 Å². The average Bonchev–Trinajstić information content (AvgIpc) is 2.54. The number of carbonyl (C=O) groups excluding carboxylic acids is 1. The van der Waals surface area contributed by atoms with Crippen molar-refractivity contribution in [3.8, 4) is 0 Å². The molecule has 0 atom stereocenters. The van der Waals surface area contributed by atoms with Crippen molar-refractivity contribution in [1.82, 2.24) is 14.9 Å². The highest BCUT2D eigenvalue weighted by Crippen LogP contribution is 2.15. The summed E-state index contributed by atoms with van der Waals surface area (Å²) in [5.74, 6) is -0.241. The Hall–Kier alpha value is -2.40. The summed E-state index contributed by atoms with van der Waals surface area (Å²) in [6.07, 6.45) is 4.57. The normalized spacial score (nSPS) is 10.9. The van der Waals surface area contributed by atoms with Crippen LogP contribution in [-0.4, -0.2) is 22.0 Å². The van der Waals surface area contributed by atoms with Gasteiger partial charge in [-0.15, -0.1) is 0 Å².